The quantitative estimate of drug-likeness (QED) is 0.657. The van der Waals surface area contributed by atoms with E-state index in [-0.39, 0.29) is 6.04 Å². The molecule has 0 amide bonds. The molecule has 4 rings (SSSR count). The summed E-state index contributed by atoms with van der Waals surface area (Å²) < 4.78 is 0. The van der Waals surface area contributed by atoms with Crippen molar-refractivity contribution < 1.29 is 0 Å². The molecule has 0 radical (unpaired) electrons. The molecule has 5 heteroatoms. The number of hydrogen-bond donors (Lipinski definition) is 0. The summed E-state index contributed by atoms with van der Waals surface area (Å²) in [6.45, 7) is 0. The van der Waals surface area contributed by atoms with E-state index in [4.69, 9.17) is 28.2 Å². The van der Waals surface area contributed by atoms with E-state index in [0.29, 0.717) is 0 Å². The first-order valence-electron chi connectivity index (χ1n) is 7.14. The van der Waals surface area contributed by atoms with Crippen LogP contribution in [0.25, 0.3) is 5.70 Å². The van der Waals surface area contributed by atoms with Crippen molar-refractivity contribution in [2.75, 3.05) is 0 Å². The van der Waals surface area contributed by atoms with Crippen LogP contribution in [-0.4, -0.2) is 10.1 Å². The molecule has 2 nitrogen and oxygen atoms in total. The first kappa shape index (κ1) is 14.9. The zero-order valence-corrected chi connectivity index (χ0v) is 14.3. The summed E-state index contributed by atoms with van der Waals surface area (Å²) in [5.41, 5.74) is 3.21. The Balaban J connectivity index is 1.77. The third-order valence-corrected chi connectivity index (χ3v) is 5.07. The van der Waals surface area contributed by atoms with Crippen LogP contribution >= 0.6 is 35.0 Å². The van der Waals surface area contributed by atoms with Crippen molar-refractivity contribution in [2.24, 2.45) is 4.99 Å². The lowest BCUT2D eigenvalue weighted by Gasteiger charge is -2.30. The number of rotatable bonds is 2. The van der Waals surface area contributed by atoms with Crippen molar-refractivity contribution in [3.8, 4) is 0 Å². The molecule has 0 aliphatic carbocycles. The van der Waals surface area contributed by atoms with Crippen molar-refractivity contribution in [2.45, 2.75) is 6.04 Å². The summed E-state index contributed by atoms with van der Waals surface area (Å²) in [5, 5.41) is 4.51. The zero-order valence-electron chi connectivity index (χ0n) is 12.0. The molecule has 0 bridgehead atoms. The number of aliphatic imine (C=N–C) groups is 1. The maximum Gasteiger partial charge on any atom is 0.173 e. The summed E-state index contributed by atoms with van der Waals surface area (Å²) in [7, 11) is 0. The Morgan fingerprint density at radius 3 is 2.26 bits per heavy atom. The fourth-order valence-corrected chi connectivity index (χ4v) is 3.66. The molecule has 1 unspecified atom stereocenters. The maximum absolute atomic E-state index is 6.02. The van der Waals surface area contributed by atoms with Gasteiger partial charge in [0, 0.05) is 21.8 Å². The smallest absolute Gasteiger partial charge is 0.173 e. The number of fused-ring (bicyclic) bond motifs is 1. The van der Waals surface area contributed by atoms with Crippen LogP contribution < -0.4 is 0 Å². The molecule has 0 N–H and O–H groups in total. The molecule has 0 fully saturated rings. The first-order valence-corrected chi connectivity index (χ1v) is 8.78. The monoisotopic (exact) mass is 358 g/mol. The SMILES string of the molecule is Clc1ccc(C2=CC(c3ccc(Cl)cc3)N3C=CSC3=N2)cc1. The van der Waals surface area contributed by atoms with Crippen molar-refractivity contribution in [1.82, 2.24) is 4.90 Å². The Morgan fingerprint density at radius 2 is 1.57 bits per heavy atom. The van der Waals surface area contributed by atoms with Gasteiger partial charge >= 0.3 is 0 Å². The highest BCUT2D eigenvalue weighted by Gasteiger charge is 2.28. The largest absolute Gasteiger partial charge is 0.316 e. The zero-order chi connectivity index (χ0) is 15.8. The number of halogens is 2. The molecule has 114 valence electrons. The Hall–Kier alpha value is -1.68. The predicted octanol–water partition coefficient (Wildman–Crippen LogP) is 5.97. The lowest BCUT2D eigenvalue weighted by atomic mass is 10.0. The maximum atomic E-state index is 6.02. The summed E-state index contributed by atoms with van der Waals surface area (Å²) in [4.78, 5) is 6.95. The number of thioether (sulfide) groups is 1. The molecule has 2 heterocycles. The number of nitrogens with zero attached hydrogens (tertiary/aromatic N) is 2. The van der Waals surface area contributed by atoms with Gasteiger partial charge in [-0.1, -0.05) is 59.2 Å². The van der Waals surface area contributed by atoms with Crippen molar-refractivity contribution >= 4 is 45.8 Å². The molecule has 2 aliphatic rings. The normalized spacial score (nSPS) is 19.4. The second kappa shape index (κ2) is 6.08. The van der Waals surface area contributed by atoms with Crippen molar-refractivity contribution in [1.29, 1.82) is 0 Å². The highest BCUT2D eigenvalue weighted by molar-refractivity contribution is 8.16. The van der Waals surface area contributed by atoms with E-state index >= 15 is 0 Å². The van der Waals surface area contributed by atoms with Crippen LogP contribution in [0.2, 0.25) is 10.0 Å². The van der Waals surface area contributed by atoms with E-state index in [0.717, 1.165) is 26.5 Å². The van der Waals surface area contributed by atoms with Gasteiger partial charge in [0.25, 0.3) is 0 Å². The van der Waals surface area contributed by atoms with Gasteiger partial charge in [0.05, 0.1) is 11.7 Å². The molecule has 0 aromatic heterocycles. The lowest BCUT2D eigenvalue weighted by Crippen LogP contribution is -2.27. The van der Waals surface area contributed by atoms with E-state index in [1.807, 2.05) is 36.4 Å². The van der Waals surface area contributed by atoms with Crippen LogP contribution in [0, 0.1) is 0 Å². The van der Waals surface area contributed by atoms with Gasteiger partial charge in [0.1, 0.15) is 0 Å². The van der Waals surface area contributed by atoms with Crippen LogP contribution in [0.5, 0.6) is 0 Å². The van der Waals surface area contributed by atoms with Gasteiger partial charge in [-0.3, -0.25) is 0 Å². The molecule has 2 aliphatic heterocycles. The van der Waals surface area contributed by atoms with E-state index in [2.05, 4.69) is 34.7 Å². The summed E-state index contributed by atoms with van der Waals surface area (Å²) in [5.74, 6) is 0. The van der Waals surface area contributed by atoms with E-state index in [1.165, 1.54) is 5.56 Å². The van der Waals surface area contributed by atoms with Crippen LogP contribution in [0.1, 0.15) is 17.2 Å². The van der Waals surface area contributed by atoms with E-state index < -0.39 is 0 Å². The van der Waals surface area contributed by atoms with Gasteiger partial charge in [-0.25, -0.2) is 4.99 Å². The summed E-state index contributed by atoms with van der Waals surface area (Å²) in [6, 6.07) is 15.8. The van der Waals surface area contributed by atoms with Crippen LogP contribution in [0.4, 0.5) is 0 Å². The molecule has 0 spiro atoms. The van der Waals surface area contributed by atoms with Crippen LogP contribution in [0.15, 0.2) is 71.2 Å². The van der Waals surface area contributed by atoms with Crippen molar-refractivity contribution in [3.05, 3.63) is 87.4 Å². The molecule has 2 aromatic rings. The lowest BCUT2D eigenvalue weighted by molar-refractivity contribution is 0.491. The predicted molar refractivity (Wildman–Crippen MR) is 99.6 cm³/mol. The van der Waals surface area contributed by atoms with Crippen LogP contribution in [-0.2, 0) is 0 Å². The van der Waals surface area contributed by atoms with Gasteiger partial charge < -0.3 is 4.90 Å². The minimum absolute atomic E-state index is 0.108. The van der Waals surface area contributed by atoms with Gasteiger partial charge in [-0.2, -0.15) is 0 Å². The average molecular weight is 359 g/mol. The third kappa shape index (κ3) is 2.92. The Morgan fingerprint density at radius 1 is 0.913 bits per heavy atom. The topological polar surface area (TPSA) is 15.6 Å². The molecular weight excluding hydrogens is 347 g/mol. The third-order valence-electron chi connectivity index (χ3n) is 3.80. The summed E-state index contributed by atoms with van der Waals surface area (Å²) >= 11 is 13.6. The minimum atomic E-state index is 0.108. The molecule has 1 atom stereocenters. The first-order chi connectivity index (χ1) is 11.2. The highest BCUT2D eigenvalue weighted by atomic mass is 35.5. The Labute approximate surface area is 149 Å². The van der Waals surface area contributed by atoms with Crippen LogP contribution in [0.3, 0.4) is 0 Å². The Bertz CT molecular complexity index is 823. The van der Waals surface area contributed by atoms with Gasteiger partial charge in [0.15, 0.2) is 5.17 Å². The number of amidine groups is 1. The van der Waals surface area contributed by atoms with Crippen molar-refractivity contribution in [3.63, 3.8) is 0 Å². The van der Waals surface area contributed by atoms with Gasteiger partial charge in [-0.15, -0.1) is 0 Å². The second-order valence-electron chi connectivity index (χ2n) is 5.26. The molecule has 23 heavy (non-hydrogen) atoms. The number of hydrogen-bond acceptors (Lipinski definition) is 3. The summed E-state index contributed by atoms with van der Waals surface area (Å²) in [6.07, 6.45) is 4.24. The standard InChI is InChI=1S/C18H12Cl2N2S/c19-14-5-1-12(2-6-14)16-11-17(13-3-7-15(20)8-4-13)22-9-10-23-18(22)21-16/h1-11,17H. The average Bonchev–Trinajstić information content (AvgIpc) is 3.04. The second-order valence-corrected chi connectivity index (χ2v) is 7.01. The molecule has 0 saturated carbocycles. The highest BCUT2D eigenvalue weighted by Crippen LogP contribution is 2.38. The molecule has 0 saturated heterocycles. The molecule has 2 aromatic carbocycles. The number of benzene rings is 2. The van der Waals surface area contributed by atoms with E-state index in [9.17, 15) is 0 Å². The van der Waals surface area contributed by atoms with E-state index in [1.54, 1.807) is 11.8 Å². The fourth-order valence-electron chi connectivity index (χ4n) is 2.65. The Kier molecular flexibility index (Phi) is 3.93. The fraction of sp³-hybridized carbons (Fsp3) is 0.0556. The van der Waals surface area contributed by atoms with Gasteiger partial charge in [0.2, 0.25) is 0 Å². The minimum Gasteiger partial charge on any atom is -0.316 e. The van der Waals surface area contributed by atoms with Gasteiger partial charge in [-0.05, 0) is 41.3 Å². The molecular formula is C18H12Cl2N2S.